The lowest BCUT2D eigenvalue weighted by atomic mass is 10.3. The van der Waals surface area contributed by atoms with Crippen LogP contribution < -0.4 is 10.2 Å². The van der Waals surface area contributed by atoms with E-state index in [0.29, 0.717) is 12.5 Å². The number of methoxy groups -OCH3 is 1. The fourth-order valence-corrected chi connectivity index (χ4v) is 2.73. The lowest BCUT2D eigenvalue weighted by Crippen LogP contribution is -2.17. The maximum atomic E-state index is 5.50. The van der Waals surface area contributed by atoms with Crippen molar-refractivity contribution in [1.29, 1.82) is 0 Å². The molecule has 0 aliphatic heterocycles. The predicted octanol–water partition coefficient (Wildman–Crippen LogP) is 2.71. The van der Waals surface area contributed by atoms with Gasteiger partial charge in [0.1, 0.15) is 11.9 Å². The molecule has 1 atom stereocenters. The van der Waals surface area contributed by atoms with Crippen molar-refractivity contribution in [3.63, 3.8) is 0 Å². The number of thiophene rings is 1. The Bertz CT molecular complexity index is 542. The Morgan fingerprint density at radius 2 is 2.25 bits per heavy atom. The summed E-state index contributed by atoms with van der Waals surface area (Å²) in [4.78, 5) is 12.0. The highest BCUT2D eigenvalue weighted by atomic mass is 32.1. The summed E-state index contributed by atoms with van der Waals surface area (Å²) in [6, 6.07) is 4.10. The molecule has 0 fully saturated rings. The van der Waals surface area contributed by atoms with E-state index in [1.54, 1.807) is 18.4 Å². The highest BCUT2D eigenvalue weighted by Crippen LogP contribution is 2.22. The second-order valence-corrected chi connectivity index (χ2v) is 5.69. The molecule has 0 radical (unpaired) electrons. The Balaban J connectivity index is 2.05. The molecule has 108 valence electrons. The molecule has 0 aliphatic carbocycles. The molecule has 0 aliphatic rings. The summed E-state index contributed by atoms with van der Waals surface area (Å²) in [5.41, 5.74) is 1.06. The smallest absolute Gasteiger partial charge is 0.224 e. The van der Waals surface area contributed by atoms with E-state index in [-0.39, 0.29) is 6.10 Å². The summed E-state index contributed by atoms with van der Waals surface area (Å²) in [5.74, 6) is 1.55. The lowest BCUT2D eigenvalue weighted by Gasteiger charge is -2.17. The molecule has 1 unspecified atom stereocenters. The summed E-state index contributed by atoms with van der Waals surface area (Å²) in [7, 11) is 5.67. The molecule has 2 rings (SSSR count). The summed E-state index contributed by atoms with van der Waals surface area (Å²) < 4.78 is 5.50. The molecule has 5 nitrogen and oxygen atoms in total. The van der Waals surface area contributed by atoms with Crippen LogP contribution in [0, 0.1) is 6.92 Å². The van der Waals surface area contributed by atoms with Crippen molar-refractivity contribution in [2.45, 2.75) is 13.0 Å². The van der Waals surface area contributed by atoms with Crippen LogP contribution in [0.25, 0.3) is 0 Å². The number of ether oxygens (including phenoxy) is 1. The van der Waals surface area contributed by atoms with Gasteiger partial charge >= 0.3 is 0 Å². The molecule has 2 aromatic heterocycles. The van der Waals surface area contributed by atoms with E-state index < -0.39 is 0 Å². The van der Waals surface area contributed by atoms with Gasteiger partial charge in [0.25, 0.3) is 0 Å². The van der Waals surface area contributed by atoms with E-state index in [1.165, 1.54) is 4.88 Å². The Morgan fingerprint density at radius 1 is 1.45 bits per heavy atom. The fourth-order valence-electron chi connectivity index (χ4n) is 1.93. The van der Waals surface area contributed by atoms with E-state index in [2.05, 4.69) is 21.4 Å². The average molecular weight is 292 g/mol. The maximum absolute atomic E-state index is 5.50. The van der Waals surface area contributed by atoms with Crippen molar-refractivity contribution in [3.8, 4) is 0 Å². The zero-order valence-electron chi connectivity index (χ0n) is 12.3. The van der Waals surface area contributed by atoms with Gasteiger partial charge in [0.2, 0.25) is 5.95 Å². The Hall–Kier alpha value is -1.66. The third-order valence-corrected chi connectivity index (χ3v) is 3.92. The van der Waals surface area contributed by atoms with Gasteiger partial charge in [-0.3, -0.25) is 0 Å². The predicted molar refractivity (Wildman–Crippen MR) is 83.7 cm³/mol. The van der Waals surface area contributed by atoms with Crippen LogP contribution in [0.4, 0.5) is 11.8 Å². The largest absolute Gasteiger partial charge is 0.374 e. The number of hydrogen-bond acceptors (Lipinski definition) is 6. The molecule has 0 spiro atoms. The standard InChI is InChI=1S/C14H20N4OS/c1-10-8-15-14(17-13(10)18(2)3)16-9-11(19-4)12-6-5-7-20-12/h5-8,11H,9H2,1-4H3,(H,15,16,17). The molecule has 0 saturated heterocycles. The zero-order chi connectivity index (χ0) is 14.5. The van der Waals surface area contributed by atoms with Crippen molar-refractivity contribution in [3.05, 3.63) is 34.2 Å². The van der Waals surface area contributed by atoms with Crippen molar-refractivity contribution in [2.75, 3.05) is 38.0 Å². The number of aryl methyl sites for hydroxylation is 1. The lowest BCUT2D eigenvalue weighted by molar-refractivity contribution is 0.117. The van der Waals surface area contributed by atoms with Gasteiger partial charge < -0.3 is 15.0 Å². The molecule has 0 saturated carbocycles. The summed E-state index contributed by atoms with van der Waals surface area (Å²) in [5, 5.41) is 5.29. The molecular weight excluding hydrogens is 272 g/mol. The first kappa shape index (κ1) is 14.7. The highest BCUT2D eigenvalue weighted by Gasteiger charge is 2.12. The number of aromatic nitrogens is 2. The summed E-state index contributed by atoms with van der Waals surface area (Å²) in [6.07, 6.45) is 1.85. The number of rotatable bonds is 6. The summed E-state index contributed by atoms with van der Waals surface area (Å²) in [6.45, 7) is 2.65. The van der Waals surface area contributed by atoms with Crippen LogP contribution in [0.2, 0.25) is 0 Å². The van der Waals surface area contributed by atoms with E-state index in [9.17, 15) is 0 Å². The number of anilines is 2. The monoisotopic (exact) mass is 292 g/mol. The minimum Gasteiger partial charge on any atom is -0.374 e. The van der Waals surface area contributed by atoms with Crippen molar-refractivity contribution in [1.82, 2.24) is 9.97 Å². The number of nitrogens with zero attached hydrogens (tertiary/aromatic N) is 3. The number of hydrogen-bond donors (Lipinski definition) is 1. The van der Waals surface area contributed by atoms with E-state index in [4.69, 9.17) is 4.74 Å². The normalized spacial score (nSPS) is 12.2. The van der Waals surface area contributed by atoms with Gasteiger partial charge in [-0.1, -0.05) is 6.07 Å². The Kier molecular flexibility index (Phi) is 4.92. The van der Waals surface area contributed by atoms with Crippen LogP contribution in [-0.4, -0.2) is 37.7 Å². The molecule has 2 heterocycles. The van der Waals surface area contributed by atoms with Crippen LogP contribution in [0.5, 0.6) is 0 Å². The van der Waals surface area contributed by atoms with Gasteiger partial charge in [0.15, 0.2) is 0 Å². The first-order chi connectivity index (χ1) is 9.61. The molecule has 0 amide bonds. The molecular formula is C14H20N4OS. The van der Waals surface area contributed by atoms with E-state index >= 15 is 0 Å². The van der Waals surface area contributed by atoms with Gasteiger partial charge in [-0.15, -0.1) is 11.3 Å². The molecule has 0 aromatic carbocycles. The maximum Gasteiger partial charge on any atom is 0.224 e. The molecule has 0 bridgehead atoms. The molecule has 20 heavy (non-hydrogen) atoms. The van der Waals surface area contributed by atoms with Gasteiger partial charge in [-0.25, -0.2) is 4.98 Å². The van der Waals surface area contributed by atoms with Crippen LogP contribution >= 0.6 is 11.3 Å². The van der Waals surface area contributed by atoms with Crippen molar-refractivity contribution in [2.24, 2.45) is 0 Å². The minimum atomic E-state index is 0.0164. The van der Waals surface area contributed by atoms with Crippen LogP contribution in [0.3, 0.4) is 0 Å². The molecule has 2 aromatic rings. The molecule has 6 heteroatoms. The average Bonchev–Trinajstić information content (AvgIpc) is 2.95. The van der Waals surface area contributed by atoms with Gasteiger partial charge in [0.05, 0.1) is 0 Å². The Morgan fingerprint density at radius 3 is 2.85 bits per heavy atom. The number of nitrogens with one attached hydrogen (secondary N) is 1. The fraction of sp³-hybridized carbons (Fsp3) is 0.429. The van der Waals surface area contributed by atoms with Gasteiger partial charge in [0, 0.05) is 44.4 Å². The zero-order valence-corrected chi connectivity index (χ0v) is 13.1. The second-order valence-electron chi connectivity index (χ2n) is 4.72. The first-order valence-electron chi connectivity index (χ1n) is 6.43. The third-order valence-electron chi connectivity index (χ3n) is 2.96. The summed E-state index contributed by atoms with van der Waals surface area (Å²) >= 11 is 1.69. The van der Waals surface area contributed by atoms with Gasteiger partial charge in [-0.2, -0.15) is 4.98 Å². The van der Waals surface area contributed by atoms with Crippen LogP contribution in [0.1, 0.15) is 16.5 Å². The first-order valence-corrected chi connectivity index (χ1v) is 7.30. The van der Waals surface area contributed by atoms with Crippen LogP contribution in [-0.2, 0) is 4.74 Å². The highest BCUT2D eigenvalue weighted by molar-refractivity contribution is 7.10. The minimum absolute atomic E-state index is 0.0164. The van der Waals surface area contributed by atoms with Gasteiger partial charge in [-0.05, 0) is 18.4 Å². The van der Waals surface area contributed by atoms with E-state index in [0.717, 1.165) is 11.4 Å². The second kappa shape index (κ2) is 6.67. The topological polar surface area (TPSA) is 50.3 Å². The third kappa shape index (κ3) is 3.46. The SMILES string of the molecule is COC(CNc1ncc(C)c(N(C)C)n1)c1cccs1. The van der Waals surface area contributed by atoms with E-state index in [1.807, 2.05) is 43.6 Å². The van der Waals surface area contributed by atoms with Crippen LogP contribution in [0.15, 0.2) is 23.7 Å². The Labute approximate surface area is 123 Å². The molecule has 1 N–H and O–H groups in total. The quantitative estimate of drug-likeness (QED) is 0.887. The van der Waals surface area contributed by atoms with Crippen molar-refractivity contribution >= 4 is 23.1 Å². The van der Waals surface area contributed by atoms with Crippen molar-refractivity contribution < 1.29 is 4.74 Å².